The molecule has 3 saturated heterocycles. The third kappa shape index (κ3) is 9.36. The first kappa shape index (κ1) is 41.3. The number of hydrogen-bond donors (Lipinski definition) is 2. The van der Waals surface area contributed by atoms with Crippen LogP contribution in [-0.2, 0) is 32.3 Å². The zero-order chi connectivity index (χ0) is 41.1. The maximum Gasteiger partial charge on any atom is 0.418 e. The number of ketones is 1. The fourth-order valence-electron chi connectivity index (χ4n) is 8.79. The number of carbonyl (C=O) groups is 3. The van der Waals surface area contributed by atoms with Gasteiger partial charge in [-0.3, -0.25) is 29.4 Å². The number of halogens is 4. The Bertz CT molecular complexity index is 2240. The van der Waals surface area contributed by atoms with Crippen molar-refractivity contribution in [2.24, 2.45) is 18.9 Å². The van der Waals surface area contributed by atoms with Crippen LogP contribution >= 0.6 is 11.6 Å². The number of hydrogen-bond acceptors (Lipinski definition) is 8. The number of carbonyl (C=O) groups excluding carboxylic acids is 3. The summed E-state index contributed by atoms with van der Waals surface area (Å²) in [6.07, 6.45) is 6.65. The summed E-state index contributed by atoms with van der Waals surface area (Å²) in [6.45, 7) is 2.54. The van der Waals surface area contributed by atoms with E-state index in [0.717, 1.165) is 72.7 Å². The predicted molar refractivity (Wildman–Crippen MR) is 219 cm³/mol. The van der Waals surface area contributed by atoms with E-state index in [0.29, 0.717) is 55.2 Å². The molecule has 0 radical (unpaired) electrons. The van der Waals surface area contributed by atoms with Gasteiger partial charge < -0.3 is 19.5 Å². The van der Waals surface area contributed by atoms with Crippen LogP contribution in [0, 0.1) is 11.8 Å². The number of aryl methyl sites for hydroxylation is 1. The van der Waals surface area contributed by atoms with Gasteiger partial charge in [-0.1, -0.05) is 29.8 Å². The van der Waals surface area contributed by atoms with Crippen LogP contribution in [0.2, 0.25) is 0 Å². The van der Waals surface area contributed by atoms with Crippen molar-refractivity contribution in [3.63, 3.8) is 0 Å². The van der Waals surface area contributed by atoms with Gasteiger partial charge >= 0.3 is 6.18 Å². The lowest BCUT2D eigenvalue weighted by molar-refractivity contribution is -0.137. The number of fused-ring (bicyclic) bond motifs is 1. The molecule has 2 aromatic carbocycles. The van der Waals surface area contributed by atoms with E-state index in [-0.39, 0.29) is 41.5 Å². The van der Waals surface area contributed by atoms with E-state index in [9.17, 15) is 32.3 Å². The number of piperidine rings is 2. The molecular weight excluding hydrogens is 771 g/mol. The van der Waals surface area contributed by atoms with Crippen LogP contribution in [0.25, 0.3) is 16.3 Å². The highest BCUT2D eigenvalue weighted by Crippen LogP contribution is 2.41. The largest absolute Gasteiger partial charge is 0.501 e. The van der Waals surface area contributed by atoms with Crippen LogP contribution in [0.4, 0.5) is 24.5 Å². The standard InChI is InChI=1S/C44H49ClF3N5O5/c1-51-25-35(33-7-3-4-8-34(33)43(51)57)29-21-32(58-2)22-30(37(45)23-29)20-27-6-5-16-52(17-13-27)26-40(54)28-14-18-53(19-15-28)39-11-9-31(24-36(39)44(46,47)48)49-38-10-12-41(55)50-42(38)56/h3-4,7-9,11,21,23-25,27-28,38,49H,5-6,10,12-20,22,26H2,1-2H3,(H,50,55,56). The smallest absolute Gasteiger partial charge is 0.418 e. The number of methoxy groups -OCH3 is 1. The first-order valence-electron chi connectivity index (χ1n) is 20.0. The highest BCUT2D eigenvalue weighted by molar-refractivity contribution is 6.32. The molecule has 1 aromatic heterocycles. The molecule has 4 aliphatic rings. The number of imide groups is 1. The molecule has 2 N–H and O–H groups in total. The maximum absolute atomic E-state index is 14.3. The summed E-state index contributed by atoms with van der Waals surface area (Å²) in [5.74, 6) is 0.104. The number of pyridine rings is 1. The number of allylic oxidation sites excluding steroid dienone is 5. The van der Waals surface area contributed by atoms with Gasteiger partial charge in [-0.25, -0.2) is 0 Å². The molecule has 0 saturated carbocycles. The van der Waals surface area contributed by atoms with Crippen LogP contribution in [-0.4, -0.2) is 72.9 Å². The van der Waals surface area contributed by atoms with Crippen molar-refractivity contribution >= 4 is 56.9 Å². The Hall–Kier alpha value is -4.88. The first-order chi connectivity index (χ1) is 27.8. The molecule has 3 aromatic rings. The van der Waals surface area contributed by atoms with Gasteiger partial charge in [-0.05, 0) is 117 Å². The molecule has 3 aliphatic heterocycles. The molecule has 3 fully saturated rings. The lowest BCUT2D eigenvalue weighted by Gasteiger charge is -2.35. The van der Waals surface area contributed by atoms with Crippen LogP contribution in [0.3, 0.4) is 0 Å². The Kier molecular flexibility index (Phi) is 12.5. The monoisotopic (exact) mass is 819 g/mol. The Labute approximate surface area is 340 Å². The Morgan fingerprint density at radius 3 is 2.45 bits per heavy atom. The summed E-state index contributed by atoms with van der Waals surface area (Å²) in [4.78, 5) is 54.0. The quantitative estimate of drug-likeness (QED) is 0.202. The number of nitrogens with zero attached hydrogens (tertiary/aromatic N) is 3. The average Bonchev–Trinajstić information content (AvgIpc) is 3.52. The second-order valence-corrected chi connectivity index (χ2v) is 16.3. The van der Waals surface area contributed by atoms with E-state index in [1.807, 2.05) is 42.6 Å². The molecule has 2 amide bonds. The van der Waals surface area contributed by atoms with Crippen molar-refractivity contribution < 1.29 is 32.3 Å². The van der Waals surface area contributed by atoms with Crippen LogP contribution in [0.1, 0.15) is 68.9 Å². The maximum atomic E-state index is 14.3. The van der Waals surface area contributed by atoms with E-state index in [2.05, 4.69) is 15.5 Å². The number of benzene rings is 2. The minimum atomic E-state index is -4.63. The van der Waals surface area contributed by atoms with Crippen LogP contribution in [0.15, 0.2) is 82.0 Å². The summed E-state index contributed by atoms with van der Waals surface area (Å²) in [6, 6.07) is 10.7. The number of ether oxygens (including phenoxy) is 1. The lowest BCUT2D eigenvalue weighted by atomic mass is 9.90. The van der Waals surface area contributed by atoms with Gasteiger partial charge in [0.2, 0.25) is 11.8 Å². The molecule has 14 heteroatoms. The van der Waals surface area contributed by atoms with Gasteiger partial charge in [0.25, 0.3) is 5.56 Å². The molecule has 1 aliphatic carbocycles. The fourth-order valence-corrected chi connectivity index (χ4v) is 9.05. The number of Topliss-reactive ketones (excluding diaryl/α,β-unsaturated/α-hetero) is 1. The van der Waals surface area contributed by atoms with Crippen molar-refractivity contribution in [2.45, 2.75) is 70.0 Å². The van der Waals surface area contributed by atoms with Crippen LogP contribution in [0.5, 0.6) is 0 Å². The first-order valence-corrected chi connectivity index (χ1v) is 20.4. The molecule has 2 unspecified atom stereocenters. The number of likely N-dealkylation sites (tertiary alicyclic amines) is 1. The summed E-state index contributed by atoms with van der Waals surface area (Å²) in [5.41, 5.74) is 2.19. The molecule has 308 valence electrons. The second kappa shape index (κ2) is 17.5. The van der Waals surface area contributed by atoms with Crippen molar-refractivity contribution in [3.8, 4) is 0 Å². The minimum Gasteiger partial charge on any atom is -0.501 e. The number of aromatic nitrogens is 1. The molecule has 4 heterocycles. The number of rotatable bonds is 10. The molecule has 0 bridgehead atoms. The third-order valence-electron chi connectivity index (χ3n) is 12.0. The fraction of sp³-hybridized carbons (Fsp3) is 0.455. The highest BCUT2D eigenvalue weighted by atomic mass is 35.5. The number of amides is 2. The van der Waals surface area contributed by atoms with Crippen molar-refractivity contribution in [3.05, 3.63) is 98.7 Å². The van der Waals surface area contributed by atoms with Crippen molar-refractivity contribution in [1.82, 2.24) is 14.8 Å². The number of anilines is 2. The second-order valence-electron chi connectivity index (χ2n) is 15.9. The van der Waals surface area contributed by atoms with E-state index < -0.39 is 29.6 Å². The van der Waals surface area contributed by atoms with E-state index in [1.165, 1.54) is 12.1 Å². The normalized spacial score (nSPS) is 21.6. The Morgan fingerprint density at radius 2 is 1.72 bits per heavy atom. The van der Waals surface area contributed by atoms with Gasteiger partial charge in [-0.2, -0.15) is 13.2 Å². The molecule has 7 rings (SSSR count). The van der Waals surface area contributed by atoms with Gasteiger partial charge in [0.05, 0.1) is 19.2 Å². The van der Waals surface area contributed by atoms with Crippen LogP contribution < -0.4 is 21.1 Å². The van der Waals surface area contributed by atoms with E-state index in [1.54, 1.807) is 23.6 Å². The summed E-state index contributed by atoms with van der Waals surface area (Å²) in [5, 5.41) is 7.21. The van der Waals surface area contributed by atoms with Gasteiger partial charge in [0.15, 0.2) is 0 Å². The molecule has 0 spiro atoms. The summed E-state index contributed by atoms with van der Waals surface area (Å²) in [7, 11) is 3.41. The summed E-state index contributed by atoms with van der Waals surface area (Å²) < 4.78 is 50.3. The number of alkyl halides is 3. The molecule has 58 heavy (non-hydrogen) atoms. The van der Waals surface area contributed by atoms with E-state index in [4.69, 9.17) is 16.3 Å². The van der Waals surface area contributed by atoms with Crippen molar-refractivity contribution in [2.75, 3.05) is 50.1 Å². The minimum absolute atomic E-state index is 0.0509. The molecule has 10 nitrogen and oxygen atoms in total. The Balaban J connectivity index is 0.948. The van der Waals surface area contributed by atoms with E-state index >= 15 is 0 Å². The lowest BCUT2D eigenvalue weighted by Crippen LogP contribution is -2.47. The van der Waals surface area contributed by atoms with Gasteiger partial charge in [0.1, 0.15) is 17.6 Å². The average molecular weight is 820 g/mol. The zero-order valence-corrected chi connectivity index (χ0v) is 33.6. The highest BCUT2D eigenvalue weighted by Gasteiger charge is 2.37. The predicted octanol–water partition coefficient (Wildman–Crippen LogP) is 7.56. The molecular formula is C44H49ClF3N5O5. The summed E-state index contributed by atoms with van der Waals surface area (Å²) >= 11 is 7.06. The van der Waals surface area contributed by atoms with Gasteiger partial charge in [0, 0.05) is 72.5 Å². The molecule has 2 atom stereocenters. The van der Waals surface area contributed by atoms with Crippen molar-refractivity contribution in [1.29, 1.82) is 0 Å². The Morgan fingerprint density at radius 1 is 0.966 bits per heavy atom. The topological polar surface area (TPSA) is 113 Å². The van der Waals surface area contributed by atoms with Gasteiger partial charge in [-0.15, -0.1) is 0 Å². The zero-order valence-electron chi connectivity index (χ0n) is 32.8. The SMILES string of the molecule is COC1=CC(c2cn(C)c(=O)c3ccccc23)=CC(Cl)=C(CC2CCCN(CC(=O)C3CCN(c4ccc(NC5CCC(=O)NC5=O)cc4C(F)(F)F)CC3)CC2)C1. The third-order valence-corrected chi connectivity index (χ3v) is 12.4. The number of nitrogens with one attached hydrogen (secondary N) is 2.